The number of fused-ring (bicyclic) bond motifs is 1. The molecule has 0 saturated carbocycles. The molecule has 0 aliphatic carbocycles. The molecule has 3 heterocycles. The van der Waals surface area contributed by atoms with Crippen LogP contribution in [-0.4, -0.2) is 47.2 Å². The number of hydrogen-bond donors (Lipinski definition) is 2. The van der Waals surface area contributed by atoms with E-state index in [-0.39, 0.29) is 11.9 Å². The molecule has 0 saturated heterocycles. The number of thiophene rings is 1. The van der Waals surface area contributed by atoms with Gasteiger partial charge in [0.05, 0.1) is 16.9 Å². The Balaban J connectivity index is 1.77. The zero-order valence-corrected chi connectivity index (χ0v) is 16.5. The molecule has 7 nitrogen and oxygen atoms in total. The first-order chi connectivity index (χ1) is 13.1. The third kappa shape index (κ3) is 4.58. The van der Waals surface area contributed by atoms with Crippen molar-refractivity contribution < 1.29 is 9.53 Å². The average Bonchev–Trinajstić information content (AvgIpc) is 3.00. The van der Waals surface area contributed by atoms with Crippen molar-refractivity contribution in [2.45, 2.75) is 26.3 Å². The van der Waals surface area contributed by atoms with E-state index in [2.05, 4.69) is 25.6 Å². The van der Waals surface area contributed by atoms with Crippen LogP contribution in [-0.2, 0) is 11.2 Å². The third-order valence-electron chi connectivity index (χ3n) is 4.13. The highest BCUT2D eigenvalue weighted by atomic mass is 32.1. The van der Waals surface area contributed by atoms with E-state index in [1.54, 1.807) is 13.3 Å². The molecule has 3 rings (SSSR count). The van der Waals surface area contributed by atoms with Gasteiger partial charge < -0.3 is 15.4 Å². The number of anilines is 1. The number of aromatic nitrogens is 3. The number of aryl methyl sites for hydroxylation is 1. The number of ether oxygens (including phenoxy) is 1. The molecule has 3 aromatic rings. The minimum atomic E-state index is -0.112. The Morgan fingerprint density at radius 2 is 2.15 bits per heavy atom. The Bertz CT molecular complexity index is 913. The number of nitrogens with one attached hydrogen (secondary N) is 2. The predicted octanol–water partition coefficient (Wildman–Crippen LogP) is 2.81. The summed E-state index contributed by atoms with van der Waals surface area (Å²) in [6.45, 7) is 5.01. The van der Waals surface area contributed by atoms with E-state index in [1.165, 1.54) is 17.7 Å². The van der Waals surface area contributed by atoms with Crippen molar-refractivity contribution in [2.75, 3.05) is 25.6 Å². The molecule has 1 amide bonds. The molecule has 0 unspecified atom stereocenters. The van der Waals surface area contributed by atoms with E-state index < -0.39 is 0 Å². The Morgan fingerprint density at radius 1 is 1.30 bits per heavy atom. The number of hydrogen-bond acceptors (Lipinski definition) is 7. The summed E-state index contributed by atoms with van der Waals surface area (Å²) in [6.07, 6.45) is 4.10. The summed E-state index contributed by atoms with van der Waals surface area (Å²) in [5.41, 5.74) is 1.91. The van der Waals surface area contributed by atoms with E-state index in [0.717, 1.165) is 33.7 Å². The van der Waals surface area contributed by atoms with Gasteiger partial charge in [0, 0.05) is 38.0 Å². The van der Waals surface area contributed by atoms with Crippen LogP contribution in [0.2, 0.25) is 0 Å². The van der Waals surface area contributed by atoms with E-state index >= 15 is 0 Å². The van der Waals surface area contributed by atoms with Gasteiger partial charge in [-0.15, -0.1) is 11.3 Å². The molecular weight excluding hydrogens is 362 g/mol. The summed E-state index contributed by atoms with van der Waals surface area (Å²) in [7, 11) is 1.62. The Hall–Kier alpha value is -2.58. The van der Waals surface area contributed by atoms with Gasteiger partial charge in [0.2, 0.25) is 0 Å². The maximum atomic E-state index is 12.6. The molecule has 0 aliphatic rings. The highest BCUT2D eigenvalue weighted by Crippen LogP contribution is 2.33. The quantitative estimate of drug-likeness (QED) is 0.620. The summed E-state index contributed by atoms with van der Waals surface area (Å²) >= 11 is 1.38. The highest BCUT2D eigenvalue weighted by molar-refractivity contribution is 7.20. The molecule has 8 heteroatoms. The van der Waals surface area contributed by atoms with Gasteiger partial charge in [0.25, 0.3) is 5.91 Å². The van der Waals surface area contributed by atoms with Crippen molar-refractivity contribution >= 4 is 33.3 Å². The SMILES string of the molecule is COC[C@@H](C)NC(=O)c1sc2ncnc(NCCc3ccccn3)c2c1C. The number of nitrogens with zero attached hydrogens (tertiary/aromatic N) is 3. The molecule has 0 radical (unpaired) electrons. The van der Waals surface area contributed by atoms with Crippen LogP contribution in [0.4, 0.5) is 5.82 Å². The van der Waals surface area contributed by atoms with E-state index in [1.807, 2.05) is 32.0 Å². The second-order valence-electron chi connectivity index (χ2n) is 6.29. The van der Waals surface area contributed by atoms with Gasteiger partial charge in [-0.05, 0) is 31.5 Å². The van der Waals surface area contributed by atoms with Gasteiger partial charge in [-0.2, -0.15) is 0 Å². The molecule has 3 aromatic heterocycles. The largest absolute Gasteiger partial charge is 0.383 e. The summed E-state index contributed by atoms with van der Waals surface area (Å²) in [4.78, 5) is 27.1. The zero-order valence-electron chi connectivity index (χ0n) is 15.7. The molecule has 142 valence electrons. The zero-order chi connectivity index (χ0) is 19.2. The summed E-state index contributed by atoms with van der Waals surface area (Å²) in [6, 6.07) is 5.81. The van der Waals surface area contributed by atoms with Crippen LogP contribution in [0.1, 0.15) is 27.9 Å². The lowest BCUT2D eigenvalue weighted by Crippen LogP contribution is -2.35. The van der Waals surface area contributed by atoms with Crippen LogP contribution in [0.5, 0.6) is 0 Å². The van der Waals surface area contributed by atoms with Crippen molar-refractivity contribution in [3.63, 3.8) is 0 Å². The van der Waals surface area contributed by atoms with Crippen LogP contribution in [0, 0.1) is 6.92 Å². The Labute approximate surface area is 162 Å². The lowest BCUT2D eigenvalue weighted by Gasteiger charge is -2.12. The van der Waals surface area contributed by atoms with Gasteiger partial charge in [-0.3, -0.25) is 9.78 Å². The van der Waals surface area contributed by atoms with Crippen LogP contribution < -0.4 is 10.6 Å². The number of amides is 1. The predicted molar refractivity (Wildman–Crippen MR) is 107 cm³/mol. The normalized spacial score (nSPS) is 12.1. The second kappa shape index (κ2) is 8.88. The van der Waals surface area contributed by atoms with Gasteiger partial charge in [-0.25, -0.2) is 9.97 Å². The van der Waals surface area contributed by atoms with Crippen LogP contribution in [0.3, 0.4) is 0 Å². The summed E-state index contributed by atoms with van der Waals surface area (Å²) < 4.78 is 5.08. The summed E-state index contributed by atoms with van der Waals surface area (Å²) in [5, 5.41) is 7.20. The lowest BCUT2D eigenvalue weighted by molar-refractivity contribution is 0.0909. The monoisotopic (exact) mass is 385 g/mol. The molecule has 0 spiro atoms. The molecule has 0 bridgehead atoms. The van der Waals surface area contributed by atoms with Crippen LogP contribution in [0.25, 0.3) is 10.2 Å². The number of carbonyl (C=O) groups is 1. The standard InChI is InChI=1S/C19H23N5O2S/c1-12(10-26-3)24-18(25)16-13(2)15-17(22-11-23-19(15)27-16)21-9-7-14-6-4-5-8-20-14/h4-6,8,11-12H,7,9-10H2,1-3H3,(H,24,25)(H,21,22,23)/t12-/m1/s1. The van der Waals surface area contributed by atoms with Crippen molar-refractivity contribution in [3.8, 4) is 0 Å². The van der Waals surface area contributed by atoms with Crippen molar-refractivity contribution in [1.29, 1.82) is 0 Å². The smallest absolute Gasteiger partial charge is 0.262 e. The number of rotatable bonds is 8. The van der Waals surface area contributed by atoms with E-state index in [0.29, 0.717) is 18.0 Å². The van der Waals surface area contributed by atoms with Crippen LogP contribution in [0.15, 0.2) is 30.7 Å². The minimum absolute atomic E-state index is 0.0610. The molecule has 2 N–H and O–H groups in total. The molecule has 0 fully saturated rings. The van der Waals surface area contributed by atoms with Crippen LogP contribution >= 0.6 is 11.3 Å². The van der Waals surface area contributed by atoms with Gasteiger partial charge in [0.15, 0.2) is 0 Å². The first-order valence-electron chi connectivity index (χ1n) is 8.77. The van der Waals surface area contributed by atoms with Crippen molar-refractivity contribution in [1.82, 2.24) is 20.3 Å². The highest BCUT2D eigenvalue weighted by Gasteiger charge is 2.20. The maximum Gasteiger partial charge on any atom is 0.262 e. The summed E-state index contributed by atoms with van der Waals surface area (Å²) in [5.74, 6) is 0.633. The average molecular weight is 385 g/mol. The van der Waals surface area contributed by atoms with Gasteiger partial charge in [0.1, 0.15) is 17.0 Å². The second-order valence-corrected chi connectivity index (χ2v) is 7.29. The topological polar surface area (TPSA) is 89.0 Å². The molecule has 27 heavy (non-hydrogen) atoms. The molecule has 0 aliphatic heterocycles. The maximum absolute atomic E-state index is 12.6. The van der Waals surface area contributed by atoms with Gasteiger partial charge in [-0.1, -0.05) is 6.07 Å². The van der Waals surface area contributed by atoms with Gasteiger partial charge >= 0.3 is 0 Å². The molecular formula is C19H23N5O2S. The molecule has 0 aromatic carbocycles. The molecule has 1 atom stereocenters. The third-order valence-corrected chi connectivity index (χ3v) is 5.33. The Morgan fingerprint density at radius 3 is 2.89 bits per heavy atom. The fourth-order valence-corrected chi connectivity index (χ4v) is 3.91. The number of methoxy groups -OCH3 is 1. The lowest BCUT2D eigenvalue weighted by atomic mass is 10.2. The fraction of sp³-hybridized carbons (Fsp3) is 0.368. The van der Waals surface area contributed by atoms with Crippen molar-refractivity contribution in [3.05, 3.63) is 46.9 Å². The first-order valence-corrected chi connectivity index (χ1v) is 9.59. The first kappa shape index (κ1) is 19.2. The number of carbonyl (C=O) groups excluding carboxylic acids is 1. The minimum Gasteiger partial charge on any atom is -0.383 e. The Kier molecular flexibility index (Phi) is 6.31. The number of pyridine rings is 1. The fourth-order valence-electron chi connectivity index (χ4n) is 2.86. The van der Waals surface area contributed by atoms with E-state index in [4.69, 9.17) is 4.74 Å². The van der Waals surface area contributed by atoms with E-state index in [9.17, 15) is 4.79 Å². The van der Waals surface area contributed by atoms with Crippen molar-refractivity contribution in [2.24, 2.45) is 0 Å².